The van der Waals surface area contributed by atoms with Gasteiger partial charge in [0.25, 0.3) is 0 Å². The first-order valence-electron chi connectivity index (χ1n) is 6.97. The van der Waals surface area contributed by atoms with Crippen LogP contribution < -0.4 is 5.32 Å². The Labute approximate surface area is 110 Å². The topological polar surface area (TPSA) is 33.1 Å². The number of nitrogens with zero attached hydrogens (tertiary/aromatic N) is 3. The van der Waals surface area contributed by atoms with Crippen molar-refractivity contribution in [2.45, 2.75) is 45.3 Å². The molecule has 1 aliphatic rings. The van der Waals surface area contributed by atoms with Crippen LogP contribution in [0.25, 0.3) is 0 Å². The van der Waals surface area contributed by atoms with Crippen molar-refractivity contribution in [1.82, 2.24) is 19.8 Å². The molecule has 102 valence electrons. The van der Waals surface area contributed by atoms with E-state index >= 15 is 0 Å². The second-order valence-electron chi connectivity index (χ2n) is 5.77. The molecule has 2 unspecified atom stereocenters. The average Bonchev–Trinajstić information content (AvgIpc) is 3.10. The molecule has 4 nitrogen and oxygen atoms in total. The van der Waals surface area contributed by atoms with Gasteiger partial charge in [0, 0.05) is 31.5 Å². The SMILES string of the molecule is CC(CNC1CC1)C(C)N(C)Cc1nccn1C. The predicted molar refractivity (Wildman–Crippen MR) is 74.3 cm³/mol. The number of hydrogen-bond acceptors (Lipinski definition) is 3. The lowest BCUT2D eigenvalue weighted by atomic mass is 10.0. The van der Waals surface area contributed by atoms with Crippen molar-refractivity contribution in [2.24, 2.45) is 13.0 Å². The fraction of sp³-hybridized carbons (Fsp3) is 0.786. The fourth-order valence-corrected chi connectivity index (χ4v) is 2.16. The lowest BCUT2D eigenvalue weighted by Gasteiger charge is -2.29. The van der Waals surface area contributed by atoms with Crippen molar-refractivity contribution < 1.29 is 0 Å². The molecule has 0 bridgehead atoms. The van der Waals surface area contributed by atoms with Crippen LogP contribution in [0, 0.1) is 5.92 Å². The Hall–Kier alpha value is -0.870. The van der Waals surface area contributed by atoms with Gasteiger partial charge < -0.3 is 9.88 Å². The van der Waals surface area contributed by atoms with Crippen LogP contribution in [0.4, 0.5) is 0 Å². The molecule has 0 radical (unpaired) electrons. The van der Waals surface area contributed by atoms with Gasteiger partial charge >= 0.3 is 0 Å². The van der Waals surface area contributed by atoms with Crippen molar-refractivity contribution in [3.05, 3.63) is 18.2 Å². The minimum Gasteiger partial charge on any atom is -0.337 e. The number of nitrogens with one attached hydrogen (secondary N) is 1. The second-order valence-corrected chi connectivity index (χ2v) is 5.77. The number of aryl methyl sites for hydroxylation is 1. The van der Waals surface area contributed by atoms with Gasteiger partial charge in [0.15, 0.2) is 0 Å². The van der Waals surface area contributed by atoms with Gasteiger partial charge in [-0.25, -0.2) is 4.98 Å². The number of imidazole rings is 1. The lowest BCUT2D eigenvalue weighted by Crippen LogP contribution is -2.39. The maximum absolute atomic E-state index is 4.39. The van der Waals surface area contributed by atoms with Gasteiger partial charge in [0.05, 0.1) is 6.54 Å². The molecule has 0 saturated heterocycles. The van der Waals surface area contributed by atoms with Crippen molar-refractivity contribution in [3.8, 4) is 0 Å². The Morgan fingerprint density at radius 2 is 2.22 bits per heavy atom. The van der Waals surface area contributed by atoms with Crippen LogP contribution in [-0.2, 0) is 13.6 Å². The summed E-state index contributed by atoms with van der Waals surface area (Å²) in [6.07, 6.45) is 6.60. The van der Waals surface area contributed by atoms with Crippen LogP contribution in [0.1, 0.15) is 32.5 Å². The third kappa shape index (κ3) is 3.56. The fourth-order valence-electron chi connectivity index (χ4n) is 2.16. The first kappa shape index (κ1) is 13.6. The van der Waals surface area contributed by atoms with Crippen LogP contribution in [0.5, 0.6) is 0 Å². The van der Waals surface area contributed by atoms with Crippen molar-refractivity contribution in [1.29, 1.82) is 0 Å². The highest BCUT2D eigenvalue weighted by molar-refractivity contribution is 4.91. The molecule has 0 amide bonds. The lowest BCUT2D eigenvalue weighted by molar-refractivity contribution is 0.183. The molecule has 0 spiro atoms. The summed E-state index contributed by atoms with van der Waals surface area (Å²) in [7, 11) is 4.24. The van der Waals surface area contributed by atoms with Gasteiger partial charge in [0.1, 0.15) is 5.82 Å². The average molecular weight is 250 g/mol. The van der Waals surface area contributed by atoms with E-state index in [0.717, 1.165) is 25.0 Å². The number of hydrogen-bond donors (Lipinski definition) is 1. The Balaban J connectivity index is 1.79. The van der Waals surface area contributed by atoms with E-state index in [2.05, 4.69) is 47.7 Å². The summed E-state index contributed by atoms with van der Waals surface area (Å²) in [5.74, 6) is 1.79. The summed E-state index contributed by atoms with van der Waals surface area (Å²) in [5, 5.41) is 3.61. The van der Waals surface area contributed by atoms with Gasteiger partial charge in [-0.3, -0.25) is 4.90 Å². The Morgan fingerprint density at radius 1 is 1.50 bits per heavy atom. The zero-order valence-corrected chi connectivity index (χ0v) is 12.1. The summed E-state index contributed by atoms with van der Waals surface area (Å²) < 4.78 is 2.09. The van der Waals surface area contributed by atoms with E-state index < -0.39 is 0 Å². The standard InChI is InChI=1S/C14H26N4/c1-11(9-16-13-5-6-13)12(2)18(4)10-14-15-7-8-17(14)3/h7-8,11-13,16H,5-6,9-10H2,1-4H3. The first-order valence-corrected chi connectivity index (χ1v) is 6.97. The van der Waals surface area contributed by atoms with Gasteiger partial charge in [-0.05, 0) is 39.3 Å². The van der Waals surface area contributed by atoms with Crippen molar-refractivity contribution >= 4 is 0 Å². The number of rotatable bonds is 7. The van der Waals surface area contributed by atoms with E-state index in [0.29, 0.717) is 12.0 Å². The quantitative estimate of drug-likeness (QED) is 0.798. The monoisotopic (exact) mass is 250 g/mol. The Kier molecular flexibility index (Phi) is 4.40. The highest BCUT2D eigenvalue weighted by Gasteiger charge is 2.23. The van der Waals surface area contributed by atoms with Gasteiger partial charge in [0.2, 0.25) is 0 Å². The molecule has 2 atom stereocenters. The van der Waals surface area contributed by atoms with Crippen LogP contribution in [-0.4, -0.2) is 40.1 Å². The van der Waals surface area contributed by atoms with Crippen molar-refractivity contribution in [3.63, 3.8) is 0 Å². The molecule has 18 heavy (non-hydrogen) atoms. The molecule has 1 aliphatic carbocycles. The largest absolute Gasteiger partial charge is 0.337 e. The molecule has 1 saturated carbocycles. The summed E-state index contributed by atoms with van der Waals surface area (Å²) in [5.41, 5.74) is 0. The van der Waals surface area contributed by atoms with E-state index in [1.807, 2.05) is 12.4 Å². The van der Waals surface area contributed by atoms with E-state index in [1.54, 1.807) is 0 Å². The summed E-state index contributed by atoms with van der Waals surface area (Å²) in [6.45, 7) is 6.67. The molecular formula is C14H26N4. The number of aromatic nitrogens is 2. The predicted octanol–water partition coefficient (Wildman–Crippen LogP) is 1.63. The zero-order valence-electron chi connectivity index (χ0n) is 12.1. The first-order chi connectivity index (χ1) is 8.58. The third-order valence-electron chi connectivity index (χ3n) is 4.14. The van der Waals surface area contributed by atoms with Crippen LogP contribution in [0.2, 0.25) is 0 Å². The molecule has 1 N–H and O–H groups in total. The van der Waals surface area contributed by atoms with E-state index in [9.17, 15) is 0 Å². The Morgan fingerprint density at radius 3 is 2.78 bits per heavy atom. The van der Waals surface area contributed by atoms with Crippen LogP contribution in [0.15, 0.2) is 12.4 Å². The molecule has 4 heteroatoms. The minimum atomic E-state index is 0.563. The molecule has 1 heterocycles. The zero-order chi connectivity index (χ0) is 13.1. The summed E-state index contributed by atoms with van der Waals surface area (Å²) in [4.78, 5) is 6.78. The molecule has 1 aromatic rings. The maximum Gasteiger partial charge on any atom is 0.122 e. The van der Waals surface area contributed by atoms with E-state index in [1.165, 1.54) is 12.8 Å². The maximum atomic E-state index is 4.39. The van der Waals surface area contributed by atoms with Crippen LogP contribution >= 0.6 is 0 Å². The van der Waals surface area contributed by atoms with Crippen molar-refractivity contribution in [2.75, 3.05) is 13.6 Å². The highest BCUT2D eigenvalue weighted by Crippen LogP contribution is 2.20. The summed E-state index contributed by atoms with van der Waals surface area (Å²) in [6, 6.07) is 1.37. The molecule has 2 rings (SSSR count). The minimum absolute atomic E-state index is 0.563. The molecule has 1 aromatic heterocycles. The van der Waals surface area contributed by atoms with Gasteiger partial charge in [-0.1, -0.05) is 6.92 Å². The highest BCUT2D eigenvalue weighted by atomic mass is 15.2. The van der Waals surface area contributed by atoms with Gasteiger partial charge in [-0.2, -0.15) is 0 Å². The van der Waals surface area contributed by atoms with Gasteiger partial charge in [-0.15, -0.1) is 0 Å². The molecule has 0 aromatic carbocycles. The second kappa shape index (κ2) is 5.85. The molecular weight excluding hydrogens is 224 g/mol. The van der Waals surface area contributed by atoms with Crippen LogP contribution in [0.3, 0.4) is 0 Å². The Bertz CT molecular complexity index is 370. The smallest absolute Gasteiger partial charge is 0.122 e. The molecule has 1 fully saturated rings. The van der Waals surface area contributed by atoms with E-state index in [4.69, 9.17) is 0 Å². The summed E-state index contributed by atoms with van der Waals surface area (Å²) >= 11 is 0. The normalized spacial score (nSPS) is 19.2. The molecule has 0 aliphatic heterocycles. The van der Waals surface area contributed by atoms with E-state index in [-0.39, 0.29) is 0 Å². The third-order valence-corrected chi connectivity index (χ3v) is 4.14.